The van der Waals surface area contributed by atoms with Crippen molar-refractivity contribution in [3.63, 3.8) is 0 Å². The number of ether oxygens (including phenoxy) is 3. The number of H-pyrrole nitrogens is 2. The highest BCUT2D eigenvalue weighted by atomic mass is 16.6. The minimum Gasteiger partial charge on any atom is -0.493 e. The second-order valence-electron chi connectivity index (χ2n) is 5.59. The average Bonchev–Trinajstić information content (AvgIpc) is 2.90. The summed E-state index contributed by atoms with van der Waals surface area (Å²) in [6.45, 7) is 2.62. The van der Waals surface area contributed by atoms with Crippen molar-refractivity contribution in [2.45, 2.75) is 19.3 Å². The Labute approximate surface area is 137 Å². The summed E-state index contributed by atoms with van der Waals surface area (Å²) in [4.78, 5) is 23.7. The highest BCUT2D eigenvalue weighted by Crippen LogP contribution is 2.43. The third-order valence-electron chi connectivity index (χ3n) is 4.02. The zero-order valence-corrected chi connectivity index (χ0v) is 13.5. The van der Waals surface area contributed by atoms with Crippen molar-refractivity contribution in [3.8, 4) is 17.2 Å². The van der Waals surface area contributed by atoms with Gasteiger partial charge in [-0.25, -0.2) is 0 Å². The van der Waals surface area contributed by atoms with Crippen LogP contribution in [-0.4, -0.2) is 36.4 Å². The predicted molar refractivity (Wildman–Crippen MR) is 85.8 cm³/mol. The number of amides is 1. The first-order chi connectivity index (χ1) is 11.5. The van der Waals surface area contributed by atoms with E-state index in [-0.39, 0.29) is 12.0 Å². The van der Waals surface area contributed by atoms with Gasteiger partial charge in [0.25, 0.3) is 5.56 Å². The Kier molecular flexibility index (Phi) is 4.20. The number of hydrogen-bond donors (Lipinski definition) is 3. The van der Waals surface area contributed by atoms with Gasteiger partial charge in [-0.2, -0.15) is 0 Å². The van der Waals surface area contributed by atoms with Gasteiger partial charge in [-0.1, -0.05) is 0 Å². The Bertz CT molecular complexity index is 806. The maximum atomic E-state index is 12.2. The molecule has 4 N–H and O–H groups in total. The lowest BCUT2D eigenvalue weighted by Gasteiger charge is -2.23. The van der Waals surface area contributed by atoms with Gasteiger partial charge in [0, 0.05) is 23.6 Å². The number of aromatic amines is 2. The van der Waals surface area contributed by atoms with Crippen molar-refractivity contribution in [3.05, 3.63) is 39.3 Å². The Morgan fingerprint density at radius 3 is 2.71 bits per heavy atom. The molecular weight excluding hydrogens is 314 g/mol. The number of carbonyl (C=O) groups is 1. The first kappa shape index (κ1) is 16.0. The van der Waals surface area contributed by atoms with E-state index in [1.807, 2.05) is 0 Å². The van der Waals surface area contributed by atoms with Crippen LogP contribution in [0.3, 0.4) is 0 Å². The van der Waals surface area contributed by atoms with E-state index in [1.165, 1.54) is 7.11 Å². The maximum Gasteiger partial charge on any atom is 0.267 e. The van der Waals surface area contributed by atoms with Crippen molar-refractivity contribution in [1.29, 1.82) is 0 Å². The van der Waals surface area contributed by atoms with Gasteiger partial charge >= 0.3 is 0 Å². The van der Waals surface area contributed by atoms with E-state index in [1.54, 1.807) is 19.1 Å². The molecule has 3 rings (SSSR count). The minimum atomic E-state index is -0.512. The first-order valence-electron chi connectivity index (χ1n) is 7.54. The number of aromatic nitrogens is 2. The molecule has 8 nitrogen and oxygen atoms in total. The Morgan fingerprint density at radius 1 is 1.33 bits per heavy atom. The molecule has 0 saturated carbocycles. The molecule has 2 heterocycles. The lowest BCUT2D eigenvalue weighted by Crippen LogP contribution is -2.21. The number of hydrogen-bond acceptors (Lipinski definition) is 5. The van der Waals surface area contributed by atoms with E-state index in [0.29, 0.717) is 47.3 Å². The van der Waals surface area contributed by atoms with E-state index in [0.717, 1.165) is 0 Å². The molecule has 1 aromatic heterocycles. The molecule has 1 atom stereocenters. The summed E-state index contributed by atoms with van der Waals surface area (Å²) in [5.74, 6) is 0.511. The molecule has 1 aromatic carbocycles. The average molecular weight is 333 g/mol. The summed E-state index contributed by atoms with van der Waals surface area (Å²) >= 11 is 0. The van der Waals surface area contributed by atoms with Gasteiger partial charge in [0.2, 0.25) is 11.7 Å². The molecule has 0 fully saturated rings. The Hall–Kier alpha value is -2.90. The number of fused-ring (bicyclic) bond motifs is 1. The lowest BCUT2D eigenvalue weighted by atomic mass is 9.88. The highest BCUT2D eigenvalue weighted by molar-refractivity contribution is 5.76. The molecule has 1 aliphatic rings. The van der Waals surface area contributed by atoms with Crippen LogP contribution in [0.5, 0.6) is 17.2 Å². The summed E-state index contributed by atoms with van der Waals surface area (Å²) < 4.78 is 16.6. The van der Waals surface area contributed by atoms with Crippen LogP contribution in [0.15, 0.2) is 16.9 Å². The molecule has 1 unspecified atom stereocenters. The second-order valence-corrected chi connectivity index (χ2v) is 5.59. The summed E-state index contributed by atoms with van der Waals surface area (Å²) in [6, 6.07) is 3.50. The largest absolute Gasteiger partial charge is 0.493 e. The van der Waals surface area contributed by atoms with Crippen LogP contribution in [0, 0.1) is 6.92 Å². The topological polar surface area (TPSA) is 119 Å². The monoisotopic (exact) mass is 333 g/mol. The zero-order chi connectivity index (χ0) is 17.3. The third kappa shape index (κ3) is 2.82. The standard InChI is InChI=1S/C16H19N3O5/c1-8-14(16(21)19-18-8)10(7-13(17)20)9-5-11(22-2)15-12(6-9)23-3-4-24-15/h5-6,10H,3-4,7H2,1-2H3,(H2,17,20)(H2,18,19,21). The van der Waals surface area contributed by atoms with Crippen molar-refractivity contribution >= 4 is 5.91 Å². The summed E-state index contributed by atoms with van der Waals surface area (Å²) in [5.41, 5.74) is 6.93. The van der Waals surface area contributed by atoms with Crippen molar-refractivity contribution < 1.29 is 19.0 Å². The van der Waals surface area contributed by atoms with Crippen LogP contribution in [0.25, 0.3) is 0 Å². The number of rotatable bonds is 5. The molecule has 8 heteroatoms. The van der Waals surface area contributed by atoms with Crippen LogP contribution < -0.4 is 25.5 Å². The quantitative estimate of drug-likeness (QED) is 0.747. The molecule has 0 aliphatic carbocycles. The smallest absolute Gasteiger partial charge is 0.267 e. The van der Waals surface area contributed by atoms with Crippen LogP contribution in [-0.2, 0) is 4.79 Å². The summed E-state index contributed by atoms with van der Waals surface area (Å²) in [7, 11) is 1.52. The fourth-order valence-electron chi connectivity index (χ4n) is 2.96. The molecule has 128 valence electrons. The highest BCUT2D eigenvalue weighted by Gasteiger charge is 2.27. The molecule has 2 aromatic rings. The number of carbonyl (C=O) groups excluding carboxylic acids is 1. The van der Waals surface area contributed by atoms with Gasteiger partial charge in [-0.3, -0.25) is 14.7 Å². The van der Waals surface area contributed by atoms with Gasteiger partial charge in [0.05, 0.1) is 7.11 Å². The Balaban J connectivity index is 2.14. The minimum absolute atomic E-state index is 0.00935. The molecular formula is C16H19N3O5. The van der Waals surface area contributed by atoms with Gasteiger partial charge < -0.3 is 25.0 Å². The van der Waals surface area contributed by atoms with Crippen LogP contribution in [0.4, 0.5) is 0 Å². The van der Waals surface area contributed by atoms with Gasteiger partial charge in [0.15, 0.2) is 11.5 Å². The third-order valence-corrected chi connectivity index (χ3v) is 4.02. The van der Waals surface area contributed by atoms with Crippen LogP contribution in [0.2, 0.25) is 0 Å². The van der Waals surface area contributed by atoms with E-state index in [2.05, 4.69) is 10.2 Å². The van der Waals surface area contributed by atoms with Crippen molar-refractivity contribution in [2.24, 2.45) is 5.73 Å². The summed E-state index contributed by atoms with van der Waals surface area (Å²) in [6.07, 6.45) is -0.00935. The predicted octanol–water partition coefficient (Wildman–Crippen LogP) is 0.799. The van der Waals surface area contributed by atoms with Crippen molar-refractivity contribution in [1.82, 2.24) is 10.2 Å². The second kappa shape index (κ2) is 6.31. The number of nitrogens with two attached hydrogens (primary N) is 1. The molecule has 1 aliphatic heterocycles. The molecule has 24 heavy (non-hydrogen) atoms. The van der Waals surface area contributed by atoms with Gasteiger partial charge in [0.1, 0.15) is 13.2 Å². The number of methoxy groups -OCH3 is 1. The molecule has 0 bridgehead atoms. The summed E-state index contributed by atoms with van der Waals surface area (Å²) in [5, 5.41) is 5.31. The van der Waals surface area contributed by atoms with Gasteiger partial charge in [-0.05, 0) is 24.6 Å². The molecule has 0 saturated heterocycles. The molecule has 1 amide bonds. The first-order valence-corrected chi connectivity index (χ1v) is 7.54. The van der Waals surface area contributed by atoms with E-state index in [4.69, 9.17) is 19.9 Å². The normalized spacial score (nSPS) is 14.2. The van der Waals surface area contributed by atoms with E-state index in [9.17, 15) is 9.59 Å². The number of nitrogens with one attached hydrogen (secondary N) is 2. The SMILES string of the molecule is COc1cc(C(CC(N)=O)c2c(C)[nH][nH]c2=O)cc2c1OCCO2. The van der Waals surface area contributed by atoms with Crippen LogP contribution in [0.1, 0.15) is 29.2 Å². The van der Waals surface area contributed by atoms with Crippen LogP contribution >= 0.6 is 0 Å². The number of primary amides is 1. The Morgan fingerprint density at radius 2 is 2.08 bits per heavy atom. The van der Waals surface area contributed by atoms with Crippen molar-refractivity contribution in [2.75, 3.05) is 20.3 Å². The van der Waals surface area contributed by atoms with Gasteiger partial charge in [-0.15, -0.1) is 0 Å². The lowest BCUT2D eigenvalue weighted by molar-refractivity contribution is -0.118. The zero-order valence-electron chi connectivity index (χ0n) is 13.5. The molecule has 0 radical (unpaired) electrons. The maximum absolute atomic E-state index is 12.2. The number of aryl methyl sites for hydroxylation is 1. The fourth-order valence-corrected chi connectivity index (χ4v) is 2.96. The van der Waals surface area contributed by atoms with E-state index < -0.39 is 11.8 Å². The fraction of sp³-hybridized carbons (Fsp3) is 0.375. The number of benzene rings is 1. The van der Waals surface area contributed by atoms with E-state index >= 15 is 0 Å². The molecule has 0 spiro atoms.